The van der Waals surface area contributed by atoms with Crippen LogP contribution in [0.1, 0.15) is 37.3 Å². The summed E-state index contributed by atoms with van der Waals surface area (Å²) in [7, 11) is 2.73. The van der Waals surface area contributed by atoms with Crippen LogP contribution in [0.25, 0.3) is 0 Å². The minimum Gasteiger partial charge on any atom is -0.494 e. The van der Waals surface area contributed by atoms with Crippen molar-refractivity contribution in [3.63, 3.8) is 0 Å². The number of hydrogen-bond acceptors (Lipinski definition) is 6. The quantitative estimate of drug-likeness (QED) is 0.577. The van der Waals surface area contributed by atoms with Crippen molar-refractivity contribution in [3.8, 4) is 5.88 Å². The van der Waals surface area contributed by atoms with E-state index in [1.54, 1.807) is 12.1 Å². The summed E-state index contributed by atoms with van der Waals surface area (Å²) in [6.07, 6.45) is 3.07. The fourth-order valence-corrected chi connectivity index (χ4v) is 4.52. The van der Waals surface area contributed by atoms with Gasteiger partial charge in [0, 0.05) is 26.7 Å². The first-order valence-corrected chi connectivity index (χ1v) is 11.3. The molecule has 3 rings (SSSR count). The lowest BCUT2D eigenvalue weighted by Gasteiger charge is -2.33. The van der Waals surface area contributed by atoms with Gasteiger partial charge in [-0.2, -0.15) is 0 Å². The Morgan fingerprint density at radius 2 is 1.84 bits per heavy atom. The smallest absolute Gasteiger partial charge is 0.333 e. The minimum absolute atomic E-state index is 0.0325. The predicted molar refractivity (Wildman–Crippen MR) is 123 cm³/mol. The minimum atomic E-state index is -0.655. The largest absolute Gasteiger partial charge is 0.494 e. The number of aliphatic imine (C=N–C) groups is 1. The number of nitrogens with zero attached hydrogens (tertiary/aromatic N) is 4. The van der Waals surface area contributed by atoms with E-state index in [9.17, 15) is 19.5 Å². The Labute approximate surface area is 185 Å². The van der Waals surface area contributed by atoms with Crippen LogP contribution in [0.2, 0.25) is 0 Å². The van der Waals surface area contributed by atoms with Crippen LogP contribution < -0.4 is 11.2 Å². The van der Waals surface area contributed by atoms with Gasteiger partial charge in [-0.05, 0) is 45.2 Å². The van der Waals surface area contributed by atoms with Crippen LogP contribution in [-0.2, 0) is 18.9 Å². The average Bonchev–Trinajstić information content (AvgIpc) is 2.76. The first-order valence-electron chi connectivity index (χ1n) is 10.3. The third-order valence-corrected chi connectivity index (χ3v) is 6.53. The molecule has 2 aromatic rings. The van der Waals surface area contributed by atoms with Crippen molar-refractivity contribution in [2.24, 2.45) is 19.1 Å². The lowest BCUT2D eigenvalue weighted by Crippen LogP contribution is -2.43. The van der Waals surface area contributed by atoms with Crippen LogP contribution in [0.5, 0.6) is 5.88 Å². The van der Waals surface area contributed by atoms with Crippen LogP contribution >= 0.6 is 11.8 Å². The second-order valence-electron chi connectivity index (χ2n) is 7.88. The number of carbonyl (C=O) groups excluding carboxylic acids is 1. The predicted octanol–water partition coefficient (Wildman–Crippen LogP) is 2.31. The molecule has 0 radical (unpaired) electrons. The third kappa shape index (κ3) is 4.92. The molecule has 1 aliphatic heterocycles. The number of hydrogen-bond donors (Lipinski definition) is 1. The molecule has 1 N–H and O–H groups in total. The van der Waals surface area contributed by atoms with E-state index in [1.165, 1.54) is 14.1 Å². The first kappa shape index (κ1) is 22.9. The van der Waals surface area contributed by atoms with Gasteiger partial charge in [-0.25, -0.2) is 9.79 Å². The van der Waals surface area contributed by atoms with E-state index >= 15 is 0 Å². The number of thioether (sulfide) groups is 1. The number of aromatic hydroxyl groups is 1. The summed E-state index contributed by atoms with van der Waals surface area (Å²) in [4.78, 5) is 44.3. The summed E-state index contributed by atoms with van der Waals surface area (Å²) >= 11 is 1.10. The number of piperidine rings is 1. The lowest BCUT2D eigenvalue weighted by molar-refractivity contribution is -0.131. The maximum absolute atomic E-state index is 12.8. The molecule has 1 saturated heterocycles. The Hall–Kier alpha value is -2.81. The van der Waals surface area contributed by atoms with Gasteiger partial charge in [0.05, 0.1) is 11.4 Å². The van der Waals surface area contributed by atoms with Crippen molar-refractivity contribution in [2.75, 3.05) is 12.3 Å². The molecule has 0 unspecified atom stereocenters. The van der Waals surface area contributed by atoms with Crippen molar-refractivity contribution in [1.82, 2.24) is 14.0 Å². The molecule has 1 aliphatic rings. The second kappa shape index (κ2) is 9.55. The molecule has 166 valence electrons. The number of rotatable bonds is 4. The number of aryl methyl sites for hydroxylation is 1. The van der Waals surface area contributed by atoms with Crippen molar-refractivity contribution in [2.45, 2.75) is 39.2 Å². The van der Waals surface area contributed by atoms with Gasteiger partial charge in [0.25, 0.3) is 5.56 Å². The summed E-state index contributed by atoms with van der Waals surface area (Å²) in [6.45, 7) is 4.71. The van der Waals surface area contributed by atoms with E-state index in [2.05, 4.69) is 4.99 Å². The topological polar surface area (TPSA) is 96.9 Å². The Morgan fingerprint density at radius 3 is 2.48 bits per heavy atom. The third-order valence-electron chi connectivity index (χ3n) is 5.57. The van der Waals surface area contributed by atoms with Crippen LogP contribution in [-0.4, -0.2) is 48.4 Å². The van der Waals surface area contributed by atoms with E-state index in [1.807, 2.05) is 30.9 Å². The highest BCUT2D eigenvalue weighted by atomic mass is 32.2. The number of benzene rings is 1. The summed E-state index contributed by atoms with van der Waals surface area (Å²) in [5, 5.41) is 10.8. The molecule has 31 heavy (non-hydrogen) atoms. The lowest BCUT2D eigenvalue weighted by atomic mass is 10.0. The Bertz CT molecular complexity index is 1120. The molecule has 1 atom stereocenters. The van der Waals surface area contributed by atoms with Gasteiger partial charge in [0.1, 0.15) is 10.6 Å². The molecular weight excluding hydrogens is 416 g/mol. The number of aromatic nitrogens is 2. The number of amides is 1. The standard InChI is InChI=1S/C22H28N4O4S/c1-14-8-10-16(11-9-14)23-19(18-20(28)24(3)22(30)25(4)21(18)29)31-13-17(27)26-12-6-5-7-15(26)2/h8-11,15,28H,5-7,12-13H2,1-4H3/t15-/m1/s1. The van der Waals surface area contributed by atoms with Gasteiger partial charge < -0.3 is 10.0 Å². The second-order valence-corrected chi connectivity index (χ2v) is 8.84. The van der Waals surface area contributed by atoms with E-state index in [0.717, 1.165) is 52.3 Å². The van der Waals surface area contributed by atoms with Gasteiger partial charge in [0.15, 0.2) is 0 Å². The summed E-state index contributed by atoms with van der Waals surface area (Å²) in [5.41, 5.74) is 0.266. The first-order chi connectivity index (χ1) is 14.7. The average molecular weight is 445 g/mol. The molecule has 1 aromatic carbocycles. The SMILES string of the molecule is Cc1ccc(N=C(SCC(=O)N2CCCC[C@H]2C)c2c(O)n(C)c(=O)n(C)c2=O)cc1. The molecule has 0 bridgehead atoms. The molecule has 1 amide bonds. The normalized spacial score (nSPS) is 17.1. The van der Waals surface area contributed by atoms with Gasteiger partial charge >= 0.3 is 5.69 Å². The van der Waals surface area contributed by atoms with Gasteiger partial charge in [0.2, 0.25) is 11.8 Å². The molecule has 1 aromatic heterocycles. The summed E-state index contributed by atoms with van der Waals surface area (Å²) < 4.78 is 1.92. The van der Waals surface area contributed by atoms with E-state index in [0.29, 0.717) is 5.69 Å². The molecular formula is C22H28N4O4S. The highest BCUT2D eigenvalue weighted by Crippen LogP contribution is 2.25. The van der Waals surface area contributed by atoms with Gasteiger partial charge in [-0.15, -0.1) is 0 Å². The number of carbonyl (C=O) groups is 1. The highest BCUT2D eigenvalue weighted by Gasteiger charge is 2.26. The molecule has 1 fully saturated rings. The molecule has 9 heteroatoms. The summed E-state index contributed by atoms with van der Waals surface area (Å²) in [5.74, 6) is -0.416. The maximum Gasteiger partial charge on any atom is 0.333 e. The fraction of sp³-hybridized carbons (Fsp3) is 0.455. The van der Waals surface area contributed by atoms with Crippen molar-refractivity contribution in [1.29, 1.82) is 0 Å². The number of likely N-dealkylation sites (tertiary alicyclic amines) is 1. The van der Waals surface area contributed by atoms with Crippen LogP contribution in [0.3, 0.4) is 0 Å². The van der Waals surface area contributed by atoms with E-state index in [4.69, 9.17) is 0 Å². The Balaban J connectivity index is 2.01. The van der Waals surface area contributed by atoms with Crippen molar-refractivity contribution >= 4 is 28.4 Å². The zero-order chi connectivity index (χ0) is 22.7. The molecule has 0 saturated carbocycles. The van der Waals surface area contributed by atoms with Gasteiger partial charge in [-0.3, -0.25) is 18.7 Å². The Morgan fingerprint density at radius 1 is 1.16 bits per heavy atom. The molecule has 0 spiro atoms. The van der Waals surface area contributed by atoms with Crippen LogP contribution in [0.4, 0.5) is 5.69 Å². The van der Waals surface area contributed by atoms with Gasteiger partial charge in [-0.1, -0.05) is 29.5 Å². The van der Waals surface area contributed by atoms with E-state index in [-0.39, 0.29) is 28.3 Å². The molecule has 0 aliphatic carbocycles. The summed E-state index contributed by atoms with van der Waals surface area (Å²) in [6, 6.07) is 7.56. The molecule has 8 nitrogen and oxygen atoms in total. The van der Waals surface area contributed by atoms with Crippen LogP contribution in [0, 0.1) is 6.92 Å². The van der Waals surface area contributed by atoms with Crippen molar-refractivity contribution < 1.29 is 9.90 Å². The zero-order valence-corrected chi connectivity index (χ0v) is 19.1. The maximum atomic E-state index is 12.8. The van der Waals surface area contributed by atoms with Crippen molar-refractivity contribution in [3.05, 3.63) is 56.2 Å². The van der Waals surface area contributed by atoms with Crippen LogP contribution in [0.15, 0.2) is 38.8 Å². The molecule has 2 heterocycles. The monoisotopic (exact) mass is 444 g/mol. The fourth-order valence-electron chi connectivity index (χ4n) is 3.60. The van der Waals surface area contributed by atoms with E-state index < -0.39 is 17.1 Å². The zero-order valence-electron chi connectivity index (χ0n) is 18.3. The Kier molecular flexibility index (Phi) is 7.04. The highest BCUT2D eigenvalue weighted by molar-refractivity contribution is 8.15.